The number of carbonyl (C=O) groups is 1. The number of amides is 1. The smallest absolute Gasteiger partial charge is 0.272 e. The standard InChI is InChI=1S/C12H19N3O4/c1-3-9(8-16)13-12(18)10-4-5-11(17)15(14-10)6-7-19-2/h4-5,9,16H,3,6-8H2,1-2H3,(H,13,18)/t9-/m0/s1. The minimum absolute atomic E-state index is 0.133. The monoisotopic (exact) mass is 269 g/mol. The first-order valence-corrected chi connectivity index (χ1v) is 6.11. The highest BCUT2D eigenvalue weighted by Crippen LogP contribution is 1.95. The molecular weight excluding hydrogens is 250 g/mol. The normalized spacial score (nSPS) is 12.2. The number of rotatable bonds is 7. The van der Waals surface area contributed by atoms with Crippen molar-refractivity contribution in [2.75, 3.05) is 20.3 Å². The first-order chi connectivity index (χ1) is 9.12. The van der Waals surface area contributed by atoms with Crippen molar-refractivity contribution < 1.29 is 14.6 Å². The largest absolute Gasteiger partial charge is 0.394 e. The van der Waals surface area contributed by atoms with Gasteiger partial charge in [-0.1, -0.05) is 6.92 Å². The fraction of sp³-hybridized carbons (Fsp3) is 0.583. The number of nitrogens with zero attached hydrogens (tertiary/aromatic N) is 2. The van der Waals surface area contributed by atoms with Crippen LogP contribution in [0, 0.1) is 0 Å². The van der Waals surface area contributed by atoms with E-state index in [-0.39, 0.29) is 30.4 Å². The van der Waals surface area contributed by atoms with Gasteiger partial charge < -0.3 is 15.2 Å². The Bertz CT molecular complexity index is 468. The molecule has 1 amide bonds. The molecule has 1 heterocycles. The number of methoxy groups -OCH3 is 1. The number of hydrogen-bond donors (Lipinski definition) is 2. The molecule has 0 aromatic carbocycles. The first-order valence-electron chi connectivity index (χ1n) is 6.11. The van der Waals surface area contributed by atoms with Crippen LogP contribution in [-0.4, -0.2) is 47.2 Å². The third-order valence-electron chi connectivity index (χ3n) is 2.65. The highest BCUT2D eigenvalue weighted by atomic mass is 16.5. The molecule has 19 heavy (non-hydrogen) atoms. The highest BCUT2D eigenvalue weighted by Gasteiger charge is 2.13. The zero-order chi connectivity index (χ0) is 14.3. The summed E-state index contributed by atoms with van der Waals surface area (Å²) in [5.74, 6) is -0.410. The van der Waals surface area contributed by atoms with E-state index in [2.05, 4.69) is 10.4 Å². The molecule has 0 aliphatic carbocycles. The maximum Gasteiger partial charge on any atom is 0.272 e. The Morgan fingerprint density at radius 1 is 1.58 bits per heavy atom. The van der Waals surface area contributed by atoms with Crippen molar-refractivity contribution in [1.29, 1.82) is 0 Å². The van der Waals surface area contributed by atoms with E-state index in [0.717, 1.165) is 0 Å². The van der Waals surface area contributed by atoms with Crippen LogP contribution >= 0.6 is 0 Å². The van der Waals surface area contributed by atoms with E-state index < -0.39 is 5.91 Å². The molecule has 2 N–H and O–H groups in total. The number of hydrogen-bond acceptors (Lipinski definition) is 5. The van der Waals surface area contributed by atoms with Gasteiger partial charge in [-0.05, 0) is 12.5 Å². The molecule has 1 aromatic rings. The van der Waals surface area contributed by atoms with E-state index in [4.69, 9.17) is 9.84 Å². The zero-order valence-corrected chi connectivity index (χ0v) is 11.1. The Kier molecular flexibility index (Phi) is 6.17. The zero-order valence-electron chi connectivity index (χ0n) is 11.1. The van der Waals surface area contributed by atoms with Crippen molar-refractivity contribution in [2.24, 2.45) is 0 Å². The molecule has 1 aromatic heterocycles. The number of aliphatic hydroxyl groups excluding tert-OH is 1. The molecular formula is C12H19N3O4. The van der Waals surface area contributed by atoms with Crippen LogP contribution in [0.1, 0.15) is 23.8 Å². The van der Waals surface area contributed by atoms with Crippen molar-refractivity contribution in [2.45, 2.75) is 25.9 Å². The number of aromatic nitrogens is 2. The molecule has 0 saturated heterocycles. The molecule has 0 fully saturated rings. The van der Waals surface area contributed by atoms with E-state index in [1.54, 1.807) is 0 Å². The minimum atomic E-state index is -0.410. The predicted octanol–water partition coefficient (Wildman–Crippen LogP) is -0.610. The Hall–Kier alpha value is -1.73. The van der Waals surface area contributed by atoms with Gasteiger partial charge in [0.1, 0.15) is 5.69 Å². The first kappa shape index (κ1) is 15.3. The van der Waals surface area contributed by atoms with Crippen LogP contribution in [0.3, 0.4) is 0 Å². The Morgan fingerprint density at radius 2 is 2.32 bits per heavy atom. The molecule has 0 unspecified atom stereocenters. The van der Waals surface area contributed by atoms with Gasteiger partial charge in [-0.15, -0.1) is 0 Å². The topological polar surface area (TPSA) is 93.5 Å². The summed E-state index contributed by atoms with van der Waals surface area (Å²) in [6.45, 7) is 2.35. The lowest BCUT2D eigenvalue weighted by atomic mass is 10.2. The third kappa shape index (κ3) is 4.46. The average Bonchev–Trinajstić information content (AvgIpc) is 2.43. The molecule has 1 atom stereocenters. The van der Waals surface area contributed by atoms with Crippen LogP contribution in [0.25, 0.3) is 0 Å². The molecule has 0 bridgehead atoms. The second-order valence-electron chi connectivity index (χ2n) is 4.03. The third-order valence-corrected chi connectivity index (χ3v) is 2.65. The quantitative estimate of drug-likeness (QED) is 0.689. The molecule has 7 heteroatoms. The molecule has 0 radical (unpaired) electrons. The minimum Gasteiger partial charge on any atom is -0.394 e. The lowest BCUT2D eigenvalue weighted by molar-refractivity contribution is 0.0906. The molecule has 106 valence electrons. The van der Waals surface area contributed by atoms with E-state index in [1.807, 2.05) is 6.92 Å². The van der Waals surface area contributed by atoms with Gasteiger partial charge in [0.15, 0.2) is 0 Å². The maximum atomic E-state index is 11.9. The van der Waals surface area contributed by atoms with Crippen LogP contribution in [0.5, 0.6) is 0 Å². The Balaban J connectivity index is 2.83. The van der Waals surface area contributed by atoms with Gasteiger partial charge in [0.2, 0.25) is 0 Å². The fourth-order valence-corrected chi connectivity index (χ4v) is 1.44. The predicted molar refractivity (Wildman–Crippen MR) is 69.0 cm³/mol. The van der Waals surface area contributed by atoms with Crippen LogP contribution < -0.4 is 10.9 Å². The van der Waals surface area contributed by atoms with Crippen molar-refractivity contribution in [3.63, 3.8) is 0 Å². The average molecular weight is 269 g/mol. The van der Waals surface area contributed by atoms with Crippen LogP contribution in [0.15, 0.2) is 16.9 Å². The van der Waals surface area contributed by atoms with Crippen LogP contribution in [-0.2, 0) is 11.3 Å². The molecule has 0 aliphatic heterocycles. The fourth-order valence-electron chi connectivity index (χ4n) is 1.44. The molecule has 1 rings (SSSR count). The molecule has 0 saturated carbocycles. The van der Waals surface area contributed by atoms with Crippen molar-refractivity contribution >= 4 is 5.91 Å². The van der Waals surface area contributed by atoms with E-state index in [9.17, 15) is 9.59 Å². The molecule has 0 spiro atoms. The van der Waals surface area contributed by atoms with Crippen LogP contribution in [0.2, 0.25) is 0 Å². The maximum absolute atomic E-state index is 11.9. The SMILES string of the molecule is CC[C@@H](CO)NC(=O)c1ccc(=O)n(CCOC)n1. The number of nitrogens with one attached hydrogen (secondary N) is 1. The van der Waals surface area contributed by atoms with Gasteiger partial charge in [-0.25, -0.2) is 4.68 Å². The summed E-state index contributed by atoms with van der Waals surface area (Å²) in [7, 11) is 1.52. The van der Waals surface area contributed by atoms with Gasteiger partial charge in [-0.2, -0.15) is 5.10 Å². The van der Waals surface area contributed by atoms with Gasteiger partial charge in [0.05, 0.1) is 25.8 Å². The van der Waals surface area contributed by atoms with Gasteiger partial charge in [0, 0.05) is 13.2 Å². The summed E-state index contributed by atoms with van der Waals surface area (Å²) in [4.78, 5) is 23.4. The summed E-state index contributed by atoms with van der Waals surface area (Å²) >= 11 is 0. The van der Waals surface area contributed by atoms with E-state index in [1.165, 1.54) is 23.9 Å². The van der Waals surface area contributed by atoms with Crippen LogP contribution in [0.4, 0.5) is 0 Å². The Labute approximate surface area is 111 Å². The summed E-state index contributed by atoms with van der Waals surface area (Å²) in [5.41, 5.74) is -0.148. The summed E-state index contributed by atoms with van der Waals surface area (Å²) < 4.78 is 6.05. The lowest BCUT2D eigenvalue weighted by Crippen LogP contribution is -2.38. The van der Waals surface area contributed by atoms with Gasteiger partial charge in [0.25, 0.3) is 11.5 Å². The van der Waals surface area contributed by atoms with Crippen molar-refractivity contribution in [3.05, 3.63) is 28.2 Å². The summed E-state index contributed by atoms with van der Waals surface area (Å²) in [6, 6.07) is 2.34. The summed E-state index contributed by atoms with van der Waals surface area (Å²) in [6.07, 6.45) is 0.617. The van der Waals surface area contributed by atoms with Crippen molar-refractivity contribution in [1.82, 2.24) is 15.1 Å². The number of carbonyl (C=O) groups excluding carboxylic acids is 1. The highest BCUT2D eigenvalue weighted by molar-refractivity contribution is 5.92. The van der Waals surface area contributed by atoms with Gasteiger partial charge >= 0.3 is 0 Å². The Morgan fingerprint density at radius 3 is 2.89 bits per heavy atom. The number of aliphatic hydroxyl groups is 1. The summed E-state index contributed by atoms with van der Waals surface area (Å²) in [5, 5.41) is 15.6. The second-order valence-corrected chi connectivity index (χ2v) is 4.03. The van der Waals surface area contributed by atoms with E-state index in [0.29, 0.717) is 13.0 Å². The molecule has 7 nitrogen and oxygen atoms in total. The van der Waals surface area contributed by atoms with E-state index >= 15 is 0 Å². The second kappa shape index (κ2) is 7.65. The molecule has 0 aliphatic rings. The lowest BCUT2D eigenvalue weighted by Gasteiger charge is -2.13. The van der Waals surface area contributed by atoms with Crippen molar-refractivity contribution in [3.8, 4) is 0 Å². The number of ether oxygens (including phenoxy) is 1. The van der Waals surface area contributed by atoms with Gasteiger partial charge in [-0.3, -0.25) is 9.59 Å².